The van der Waals surface area contributed by atoms with Crippen LogP contribution < -0.4 is 27.4 Å². The van der Waals surface area contributed by atoms with Crippen LogP contribution in [0, 0.1) is 5.92 Å². The third-order valence-electron chi connectivity index (χ3n) is 4.64. The van der Waals surface area contributed by atoms with E-state index in [2.05, 4.69) is 28.6 Å². The van der Waals surface area contributed by atoms with Crippen LogP contribution in [-0.2, 0) is 19.2 Å². The minimum Gasteiger partial charge on any atom is -0.480 e. The van der Waals surface area contributed by atoms with Crippen LogP contribution >= 0.6 is 24.4 Å². The van der Waals surface area contributed by atoms with E-state index in [1.807, 2.05) is 6.26 Å². The van der Waals surface area contributed by atoms with Crippen LogP contribution in [0.25, 0.3) is 0 Å². The minimum atomic E-state index is -1.15. The molecule has 0 aliphatic carbocycles. The number of thioether (sulfide) groups is 1. The van der Waals surface area contributed by atoms with E-state index >= 15 is 0 Å². The smallest absolute Gasteiger partial charge is 0.326 e. The largest absolute Gasteiger partial charge is 0.480 e. The van der Waals surface area contributed by atoms with Crippen molar-refractivity contribution in [2.45, 2.75) is 63.7 Å². The average molecular weight is 480 g/mol. The average Bonchev–Trinajstić information content (AvgIpc) is 2.72. The van der Waals surface area contributed by atoms with Gasteiger partial charge in [-0.15, -0.1) is 0 Å². The molecule has 0 rings (SSSR count). The highest BCUT2D eigenvalue weighted by Gasteiger charge is 2.29. The van der Waals surface area contributed by atoms with Crippen molar-refractivity contribution in [2.75, 3.05) is 24.3 Å². The highest BCUT2D eigenvalue weighted by Crippen LogP contribution is 2.06. The van der Waals surface area contributed by atoms with Crippen molar-refractivity contribution in [1.82, 2.24) is 16.0 Å². The molecule has 4 atom stereocenters. The Hall–Kier alpha value is -1.50. The van der Waals surface area contributed by atoms with Gasteiger partial charge in [-0.3, -0.25) is 14.4 Å². The van der Waals surface area contributed by atoms with Gasteiger partial charge in [0.15, 0.2) is 0 Å². The van der Waals surface area contributed by atoms with Gasteiger partial charge in [-0.2, -0.15) is 24.4 Å². The summed E-state index contributed by atoms with van der Waals surface area (Å²) in [4.78, 5) is 49.1. The van der Waals surface area contributed by atoms with Gasteiger partial charge in [0, 0.05) is 5.75 Å². The van der Waals surface area contributed by atoms with Crippen LogP contribution in [0.3, 0.4) is 0 Å². The SMILES string of the molecule is CSCCC(NC(=O)C(CS)NC(=O)C(N)C(C)C)C(=O)NC(CCCCN)C(=O)O. The second-order valence-electron chi connectivity index (χ2n) is 7.54. The maximum absolute atomic E-state index is 12.7. The summed E-state index contributed by atoms with van der Waals surface area (Å²) in [5.74, 6) is -2.35. The van der Waals surface area contributed by atoms with E-state index in [0.29, 0.717) is 31.6 Å². The molecule has 0 aromatic heterocycles. The summed E-state index contributed by atoms with van der Waals surface area (Å²) in [5, 5.41) is 17.0. The van der Waals surface area contributed by atoms with Gasteiger partial charge in [0.2, 0.25) is 17.7 Å². The Morgan fingerprint density at radius 3 is 1.97 bits per heavy atom. The summed E-state index contributed by atoms with van der Waals surface area (Å²) >= 11 is 5.60. The predicted molar refractivity (Wildman–Crippen MR) is 126 cm³/mol. The standard InChI is InChI=1S/C19H37N5O5S2/c1-11(2)15(21)18(27)24-14(10-30)17(26)22-12(7-9-31-3)16(25)23-13(19(28)29)6-4-5-8-20/h11-15,30H,4-10,20-21H2,1-3H3,(H,22,26)(H,23,25)(H,24,27)(H,28,29). The zero-order valence-corrected chi connectivity index (χ0v) is 20.1. The summed E-state index contributed by atoms with van der Waals surface area (Å²) in [7, 11) is 0. The fourth-order valence-electron chi connectivity index (χ4n) is 2.56. The van der Waals surface area contributed by atoms with Crippen LogP contribution in [0.4, 0.5) is 0 Å². The number of unbranched alkanes of at least 4 members (excludes halogenated alkanes) is 1. The number of nitrogens with two attached hydrogens (primary N) is 2. The highest BCUT2D eigenvalue weighted by atomic mass is 32.2. The molecule has 180 valence electrons. The fourth-order valence-corrected chi connectivity index (χ4v) is 3.29. The lowest BCUT2D eigenvalue weighted by Crippen LogP contribution is -2.58. The molecule has 3 amide bonds. The topological polar surface area (TPSA) is 177 Å². The number of hydrogen-bond acceptors (Lipinski definition) is 8. The molecular formula is C19H37N5O5S2. The van der Waals surface area contributed by atoms with Crippen molar-refractivity contribution in [3.05, 3.63) is 0 Å². The molecule has 0 aliphatic rings. The molecular weight excluding hydrogens is 442 g/mol. The van der Waals surface area contributed by atoms with Crippen molar-refractivity contribution in [3.63, 3.8) is 0 Å². The Labute approximate surface area is 193 Å². The first-order valence-electron chi connectivity index (χ1n) is 10.3. The molecule has 0 aromatic carbocycles. The zero-order chi connectivity index (χ0) is 24.0. The third-order valence-corrected chi connectivity index (χ3v) is 5.65. The van der Waals surface area contributed by atoms with E-state index in [0.717, 1.165) is 0 Å². The normalized spacial score (nSPS) is 14.9. The second kappa shape index (κ2) is 16.2. The monoisotopic (exact) mass is 479 g/mol. The van der Waals surface area contributed by atoms with Gasteiger partial charge in [-0.1, -0.05) is 13.8 Å². The molecule has 31 heavy (non-hydrogen) atoms. The van der Waals surface area contributed by atoms with Crippen molar-refractivity contribution in [3.8, 4) is 0 Å². The number of hydrogen-bond donors (Lipinski definition) is 7. The Morgan fingerprint density at radius 1 is 0.935 bits per heavy atom. The fraction of sp³-hybridized carbons (Fsp3) is 0.789. The molecule has 0 bridgehead atoms. The molecule has 0 fully saturated rings. The number of thiol groups is 1. The van der Waals surface area contributed by atoms with Gasteiger partial charge >= 0.3 is 5.97 Å². The number of amides is 3. The van der Waals surface area contributed by atoms with E-state index in [1.54, 1.807) is 13.8 Å². The van der Waals surface area contributed by atoms with Gasteiger partial charge in [0.05, 0.1) is 6.04 Å². The van der Waals surface area contributed by atoms with E-state index in [-0.39, 0.29) is 18.1 Å². The van der Waals surface area contributed by atoms with E-state index < -0.39 is 47.9 Å². The molecule has 4 unspecified atom stereocenters. The number of nitrogens with one attached hydrogen (secondary N) is 3. The quantitative estimate of drug-likeness (QED) is 0.112. The highest BCUT2D eigenvalue weighted by molar-refractivity contribution is 7.98. The molecule has 0 heterocycles. The predicted octanol–water partition coefficient (Wildman–Crippen LogP) is -0.679. The third kappa shape index (κ3) is 11.6. The van der Waals surface area contributed by atoms with E-state index in [4.69, 9.17) is 11.5 Å². The number of carboxylic acids is 1. The number of carbonyl (C=O) groups excluding carboxylic acids is 3. The first kappa shape index (κ1) is 29.5. The molecule has 0 aromatic rings. The molecule has 0 saturated heterocycles. The summed E-state index contributed by atoms with van der Waals surface area (Å²) < 4.78 is 0. The zero-order valence-electron chi connectivity index (χ0n) is 18.4. The number of aliphatic carboxylic acids is 1. The van der Waals surface area contributed by atoms with Crippen molar-refractivity contribution in [1.29, 1.82) is 0 Å². The molecule has 10 nitrogen and oxygen atoms in total. The lowest BCUT2D eigenvalue weighted by atomic mass is 10.0. The summed E-state index contributed by atoms with van der Waals surface area (Å²) in [5.41, 5.74) is 11.2. The molecule has 0 saturated carbocycles. The molecule has 8 N–H and O–H groups in total. The van der Waals surface area contributed by atoms with Crippen LogP contribution in [0.15, 0.2) is 0 Å². The number of carbonyl (C=O) groups is 4. The second-order valence-corrected chi connectivity index (χ2v) is 8.89. The van der Waals surface area contributed by atoms with E-state index in [9.17, 15) is 24.3 Å². The molecule has 12 heteroatoms. The van der Waals surface area contributed by atoms with Gasteiger partial charge in [-0.05, 0) is 50.2 Å². The first-order chi connectivity index (χ1) is 14.6. The van der Waals surface area contributed by atoms with Gasteiger partial charge in [0.1, 0.15) is 18.1 Å². The molecule has 0 spiro atoms. The number of carboxylic acid groups (broad SMARTS) is 1. The minimum absolute atomic E-state index is 0.0100. The van der Waals surface area contributed by atoms with Crippen LogP contribution in [0.5, 0.6) is 0 Å². The maximum Gasteiger partial charge on any atom is 0.326 e. The van der Waals surface area contributed by atoms with Crippen LogP contribution in [-0.4, -0.2) is 77.3 Å². The van der Waals surface area contributed by atoms with Crippen LogP contribution in [0.1, 0.15) is 39.5 Å². The summed E-state index contributed by atoms with van der Waals surface area (Å²) in [6.07, 6.45) is 3.60. The van der Waals surface area contributed by atoms with Gasteiger partial charge < -0.3 is 32.5 Å². The first-order valence-corrected chi connectivity index (χ1v) is 12.3. The van der Waals surface area contributed by atoms with Gasteiger partial charge in [0.25, 0.3) is 0 Å². The Morgan fingerprint density at radius 2 is 1.48 bits per heavy atom. The summed E-state index contributed by atoms with van der Waals surface area (Å²) in [6.45, 7) is 4.01. The van der Waals surface area contributed by atoms with Crippen molar-refractivity contribution >= 4 is 48.1 Å². The van der Waals surface area contributed by atoms with Gasteiger partial charge in [-0.25, -0.2) is 4.79 Å². The Balaban J connectivity index is 5.18. The molecule has 0 aliphatic heterocycles. The van der Waals surface area contributed by atoms with Crippen molar-refractivity contribution < 1.29 is 24.3 Å². The van der Waals surface area contributed by atoms with E-state index in [1.165, 1.54) is 11.8 Å². The maximum atomic E-state index is 12.7. The van der Waals surface area contributed by atoms with Crippen molar-refractivity contribution in [2.24, 2.45) is 17.4 Å². The Bertz CT molecular complexity index is 594. The Kier molecular flexibility index (Phi) is 15.4. The number of rotatable bonds is 16. The van der Waals surface area contributed by atoms with Crippen LogP contribution in [0.2, 0.25) is 0 Å². The molecule has 0 radical (unpaired) electrons. The summed E-state index contributed by atoms with van der Waals surface area (Å²) in [6, 6.07) is -3.79. The lowest BCUT2D eigenvalue weighted by Gasteiger charge is -2.25. The lowest BCUT2D eigenvalue weighted by molar-refractivity contribution is -0.142.